The Kier molecular flexibility index (Phi) is 4.17. The van der Waals surface area contributed by atoms with Gasteiger partial charge in [-0.3, -0.25) is 0 Å². The Morgan fingerprint density at radius 1 is 1.21 bits per heavy atom. The summed E-state index contributed by atoms with van der Waals surface area (Å²) < 4.78 is 0. The van der Waals surface area contributed by atoms with Gasteiger partial charge in [0.1, 0.15) is 16.7 Å². The molecular weight excluding hydrogens is 280 g/mol. The van der Waals surface area contributed by atoms with Crippen molar-refractivity contribution in [2.45, 2.75) is 11.8 Å². The van der Waals surface area contributed by atoms with Gasteiger partial charge in [0, 0.05) is 17.6 Å². The van der Waals surface area contributed by atoms with Crippen LogP contribution in [0.25, 0.3) is 0 Å². The van der Waals surface area contributed by atoms with E-state index in [1.807, 2.05) is 30.3 Å². The number of aromatic nitrogens is 2. The number of rotatable bonds is 3. The maximum absolute atomic E-state index is 6.17. The lowest BCUT2D eigenvalue weighted by Gasteiger charge is -2.20. The van der Waals surface area contributed by atoms with Crippen LogP contribution in [0.5, 0.6) is 0 Å². The van der Waals surface area contributed by atoms with Crippen molar-refractivity contribution in [3.8, 4) is 0 Å². The van der Waals surface area contributed by atoms with E-state index in [1.165, 1.54) is 4.90 Å². The standard InChI is InChI=1S/C13H15ClN4S/c1-8-16-12(15)11(14)13(17-8)18(2)9-4-6-10(19-3)7-5-9/h4-7H,1-3H3,(H2,15,16,17). The molecule has 0 radical (unpaired) electrons. The minimum Gasteiger partial charge on any atom is -0.382 e. The molecule has 0 aliphatic heterocycles. The molecule has 4 nitrogen and oxygen atoms in total. The van der Waals surface area contributed by atoms with Gasteiger partial charge in [0.05, 0.1) is 0 Å². The largest absolute Gasteiger partial charge is 0.382 e. The number of nitrogens with two attached hydrogens (primary N) is 1. The highest BCUT2D eigenvalue weighted by molar-refractivity contribution is 7.98. The van der Waals surface area contributed by atoms with Crippen LogP contribution in [-0.4, -0.2) is 23.3 Å². The minimum absolute atomic E-state index is 0.303. The molecule has 0 unspecified atom stereocenters. The highest BCUT2D eigenvalue weighted by Crippen LogP contribution is 2.32. The fourth-order valence-corrected chi connectivity index (χ4v) is 2.34. The topological polar surface area (TPSA) is 55.0 Å². The summed E-state index contributed by atoms with van der Waals surface area (Å²) in [6.07, 6.45) is 2.05. The molecule has 1 heterocycles. The average Bonchev–Trinajstić information content (AvgIpc) is 2.42. The van der Waals surface area contributed by atoms with E-state index < -0.39 is 0 Å². The molecule has 0 bridgehead atoms. The number of thioether (sulfide) groups is 1. The Labute approximate surface area is 122 Å². The van der Waals surface area contributed by atoms with Crippen molar-refractivity contribution in [3.05, 3.63) is 35.1 Å². The first-order chi connectivity index (χ1) is 9.02. The summed E-state index contributed by atoms with van der Waals surface area (Å²) >= 11 is 7.88. The number of hydrogen-bond acceptors (Lipinski definition) is 5. The summed E-state index contributed by atoms with van der Waals surface area (Å²) in [7, 11) is 1.90. The molecule has 19 heavy (non-hydrogen) atoms. The summed E-state index contributed by atoms with van der Waals surface area (Å²) in [5, 5.41) is 0.377. The van der Waals surface area contributed by atoms with Crippen LogP contribution in [0.2, 0.25) is 5.02 Å². The number of nitrogen functional groups attached to an aromatic ring is 1. The Hall–Kier alpha value is -1.46. The van der Waals surface area contributed by atoms with Gasteiger partial charge < -0.3 is 10.6 Å². The van der Waals surface area contributed by atoms with Crippen LogP contribution in [0, 0.1) is 6.92 Å². The lowest BCUT2D eigenvalue weighted by atomic mass is 10.3. The second kappa shape index (κ2) is 5.67. The molecule has 100 valence electrons. The Morgan fingerprint density at radius 2 is 1.84 bits per heavy atom. The highest BCUT2D eigenvalue weighted by Gasteiger charge is 2.14. The molecule has 1 aromatic heterocycles. The van der Waals surface area contributed by atoms with Gasteiger partial charge in [-0.1, -0.05) is 11.6 Å². The fraction of sp³-hybridized carbons (Fsp3) is 0.231. The maximum atomic E-state index is 6.17. The molecule has 2 N–H and O–H groups in total. The third-order valence-electron chi connectivity index (χ3n) is 2.75. The van der Waals surface area contributed by atoms with Crippen molar-refractivity contribution >= 4 is 40.7 Å². The number of benzene rings is 1. The zero-order valence-electron chi connectivity index (χ0n) is 11.0. The van der Waals surface area contributed by atoms with E-state index >= 15 is 0 Å². The lowest BCUT2D eigenvalue weighted by Crippen LogP contribution is -2.14. The van der Waals surface area contributed by atoms with E-state index in [0.29, 0.717) is 22.5 Å². The van der Waals surface area contributed by atoms with Crippen molar-refractivity contribution in [2.75, 3.05) is 23.9 Å². The molecule has 1 aromatic carbocycles. The third-order valence-corrected chi connectivity index (χ3v) is 3.85. The Morgan fingerprint density at radius 3 is 2.42 bits per heavy atom. The fourth-order valence-electron chi connectivity index (χ4n) is 1.72. The zero-order chi connectivity index (χ0) is 14.0. The number of halogens is 1. The van der Waals surface area contributed by atoms with Crippen molar-refractivity contribution < 1.29 is 0 Å². The van der Waals surface area contributed by atoms with Crippen molar-refractivity contribution in [1.82, 2.24) is 9.97 Å². The van der Waals surface area contributed by atoms with E-state index in [0.717, 1.165) is 5.69 Å². The first-order valence-corrected chi connectivity index (χ1v) is 7.30. The molecule has 0 fully saturated rings. The lowest BCUT2D eigenvalue weighted by molar-refractivity contribution is 1.02. The summed E-state index contributed by atoms with van der Waals surface area (Å²) in [5.41, 5.74) is 6.77. The quantitative estimate of drug-likeness (QED) is 0.878. The molecule has 0 saturated heterocycles. The van der Waals surface area contributed by atoms with Gasteiger partial charge in [-0.25, -0.2) is 9.97 Å². The SMILES string of the molecule is CSc1ccc(N(C)c2nc(C)nc(N)c2Cl)cc1. The van der Waals surface area contributed by atoms with Crippen LogP contribution in [0.4, 0.5) is 17.3 Å². The van der Waals surface area contributed by atoms with Gasteiger partial charge >= 0.3 is 0 Å². The molecule has 0 aliphatic rings. The second-order valence-corrected chi connectivity index (χ2v) is 5.31. The van der Waals surface area contributed by atoms with Gasteiger partial charge in [0.25, 0.3) is 0 Å². The molecule has 0 aliphatic carbocycles. The monoisotopic (exact) mass is 294 g/mol. The molecule has 0 saturated carbocycles. The average molecular weight is 295 g/mol. The van der Waals surface area contributed by atoms with Crippen molar-refractivity contribution in [2.24, 2.45) is 0 Å². The van der Waals surface area contributed by atoms with Crippen LogP contribution in [0.3, 0.4) is 0 Å². The molecule has 0 amide bonds. The first-order valence-electron chi connectivity index (χ1n) is 5.70. The summed E-state index contributed by atoms with van der Waals surface area (Å²) in [6, 6.07) is 8.16. The van der Waals surface area contributed by atoms with Crippen molar-refractivity contribution in [3.63, 3.8) is 0 Å². The van der Waals surface area contributed by atoms with E-state index in [9.17, 15) is 0 Å². The molecule has 2 rings (SSSR count). The third kappa shape index (κ3) is 2.93. The minimum atomic E-state index is 0.303. The van der Waals surface area contributed by atoms with Gasteiger partial charge in [0.2, 0.25) is 0 Å². The molecule has 2 aromatic rings. The van der Waals surface area contributed by atoms with E-state index in [4.69, 9.17) is 17.3 Å². The van der Waals surface area contributed by atoms with Crippen molar-refractivity contribution in [1.29, 1.82) is 0 Å². The van der Waals surface area contributed by atoms with E-state index in [-0.39, 0.29) is 0 Å². The zero-order valence-corrected chi connectivity index (χ0v) is 12.6. The Balaban J connectivity index is 2.40. The molecule has 0 atom stereocenters. The number of nitrogens with zero attached hydrogens (tertiary/aromatic N) is 3. The number of hydrogen-bond donors (Lipinski definition) is 1. The summed E-state index contributed by atoms with van der Waals surface area (Å²) in [4.78, 5) is 11.5. The van der Waals surface area contributed by atoms with Crippen LogP contribution < -0.4 is 10.6 Å². The number of anilines is 3. The normalized spacial score (nSPS) is 10.5. The summed E-state index contributed by atoms with van der Waals surface area (Å²) in [5.74, 6) is 1.52. The van der Waals surface area contributed by atoms with Crippen LogP contribution in [0.15, 0.2) is 29.2 Å². The predicted octanol–water partition coefficient (Wildman–Crippen LogP) is 3.51. The van der Waals surface area contributed by atoms with Crippen LogP contribution in [-0.2, 0) is 0 Å². The van der Waals surface area contributed by atoms with Crippen LogP contribution in [0.1, 0.15) is 5.82 Å². The first kappa shape index (κ1) is 14.0. The molecule has 0 spiro atoms. The van der Waals surface area contributed by atoms with Gasteiger partial charge in [0.15, 0.2) is 5.82 Å². The molecule has 6 heteroatoms. The van der Waals surface area contributed by atoms with Gasteiger partial charge in [-0.05, 0) is 37.4 Å². The highest BCUT2D eigenvalue weighted by atomic mass is 35.5. The van der Waals surface area contributed by atoms with Crippen LogP contribution >= 0.6 is 23.4 Å². The van der Waals surface area contributed by atoms with E-state index in [1.54, 1.807) is 18.7 Å². The predicted molar refractivity (Wildman–Crippen MR) is 82.5 cm³/mol. The smallest absolute Gasteiger partial charge is 0.157 e. The maximum Gasteiger partial charge on any atom is 0.157 e. The van der Waals surface area contributed by atoms with Gasteiger partial charge in [-0.2, -0.15) is 0 Å². The van der Waals surface area contributed by atoms with Gasteiger partial charge in [-0.15, -0.1) is 11.8 Å². The molecular formula is C13H15ClN4S. The second-order valence-electron chi connectivity index (χ2n) is 4.05. The van der Waals surface area contributed by atoms with E-state index in [2.05, 4.69) is 22.1 Å². The number of aryl methyl sites for hydroxylation is 1. The Bertz CT molecular complexity index is 586. The summed E-state index contributed by atoms with van der Waals surface area (Å²) in [6.45, 7) is 1.79.